The predicted octanol–water partition coefficient (Wildman–Crippen LogP) is 1.61. The van der Waals surface area contributed by atoms with Gasteiger partial charge in [0.25, 0.3) is 0 Å². The minimum absolute atomic E-state index is 0.0282. The highest BCUT2D eigenvalue weighted by Crippen LogP contribution is 2.35. The number of nitrogens with zero attached hydrogens (tertiary/aromatic N) is 1. The molecule has 0 bridgehead atoms. The monoisotopic (exact) mass is 214 g/mol. The smallest absolute Gasteiger partial charge is 0.0644 e. The van der Waals surface area contributed by atoms with Crippen LogP contribution >= 0.6 is 0 Å². The van der Waals surface area contributed by atoms with Gasteiger partial charge in [-0.2, -0.15) is 0 Å². The third kappa shape index (κ3) is 2.92. The van der Waals surface area contributed by atoms with Gasteiger partial charge in [-0.05, 0) is 46.7 Å². The van der Waals surface area contributed by atoms with Gasteiger partial charge in [0.05, 0.1) is 5.60 Å². The number of rotatable bonds is 4. The molecule has 0 aromatic heterocycles. The molecule has 1 saturated heterocycles. The van der Waals surface area contributed by atoms with Crippen LogP contribution in [0.5, 0.6) is 0 Å². The third-order valence-electron chi connectivity index (χ3n) is 3.56. The van der Waals surface area contributed by atoms with Crippen molar-refractivity contribution in [1.82, 2.24) is 4.90 Å². The van der Waals surface area contributed by atoms with E-state index in [1.54, 1.807) is 0 Å². The number of nitrogens with two attached hydrogens (primary N) is 1. The third-order valence-corrected chi connectivity index (χ3v) is 3.56. The standard InChI is InChI=1S/C12H26N2O/c1-5-7-14(4)12(10-13)6-8-15-11(2,3)9-12/h5-10,13H2,1-4H3. The van der Waals surface area contributed by atoms with Crippen LogP contribution in [-0.4, -0.2) is 42.8 Å². The van der Waals surface area contributed by atoms with Crippen molar-refractivity contribution in [2.45, 2.75) is 51.2 Å². The molecule has 0 amide bonds. The molecule has 1 rings (SSSR count). The van der Waals surface area contributed by atoms with Crippen molar-refractivity contribution < 1.29 is 4.74 Å². The van der Waals surface area contributed by atoms with E-state index >= 15 is 0 Å². The maximum absolute atomic E-state index is 5.99. The van der Waals surface area contributed by atoms with Crippen LogP contribution < -0.4 is 5.73 Å². The Kier molecular flexibility index (Phi) is 4.15. The molecular weight excluding hydrogens is 188 g/mol. The second-order valence-electron chi connectivity index (χ2n) is 5.38. The highest BCUT2D eigenvalue weighted by atomic mass is 16.5. The molecule has 3 heteroatoms. The van der Waals surface area contributed by atoms with E-state index in [0.717, 1.165) is 32.5 Å². The SMILES string of the molecule is CCCN(C)C1(CN)CCOC(C)(C)C1. The van der Waals surface area contributed by atoms with Crippen molar-refractivity contribution in [2.75, 3.05) is 26.7 Å². The van der Waals surface area contributed by atoms with E-state index < -0.39 is 0 Å². The fraction of sp³-hybridized carbons (Fsp3) is 1.00. The minimum atomic E-state index is -0.0282. The molecule has 1 atom stereocenters. The largest absolute Gasteiger partial charge is 0.375 e. The zero-order chi connectivity index (χ0) is 11.5. The lowest BCUT2D eigenvalue weighted by Gasteiger charge is -2.49. The van der Waals surface area contributed by atoms with E-state index in [0.29, 0.717) is 0 Å². The van der Waals surface area contributed by atoms with Crippen molar-refractivity contribution in [2.24, 2.45) is 5.73 Å². The number of ether oxygens (including phenoxy) is 1. The number of hydrogen-bond acceptors (Lipinski definition) is 3. The Morgan fingerprint density at radius 2 is 2.07 bits per heavy atom. The van der Waals surface area contributed by atoms with Gasteiger partial charge in [-0.25, -0.2) is 0 Å². The summed E-state index contributed by atoms with van der Waals surface area (Å²) in [6, 6.07) is 0. The number of likely N-dealkylation sites (N-methyl/N-ethyl adjacent to an activating group) is 1. The number of hydrogen-bond donors (Lipinski definition) is 1. The second-order valence-corrected chi connectivity index (χ2v) is 5.38. The highest BCUT2D eigenvalue weighted by molar-refractivity contribution is 4.98. The summed E-state index contributed by atoms with van der Waals surface area (Å²) in [7, 11) is 2.19. The van der Waals surface area contributed by atoms with Crippen molar-refractivity contribution in [3.63, 3.8) is 0 Å². The molecule has 0 aromatic rings. The molecule has 15 heavy (non-hydrogen) atoms. The lowest BCUT2D eigenvalue weighted by atomic mass is 9.80. The summed E-state index contributed by atoms with van der Waals surface area (Å²) >= 11 is 0. The van der Waals surface area contributed by atoms with Crippen LogP contribution in [0.2, 0.25) is 0 Å². The van der Waals surface area contributed by atoms with Crippen molar-refractivity contribution in [3.8, 4) is 0 Å². The highest BCUT2D eigenvalue weighted by Gasteiger charge is 2.42. The zero-order valence-corrected chi connectivity index (χ0v) is 10.7. The fourth-order valence-corrected chi connectivity index (χ4v) is 2.68. The average molecular weight is 214 g/mol. The summed E-state index contributed by atoms with van der Waals surface area (Å²) in [5.41, 5.74) is 6.12. The van der Waals surface area contributed by atoms with E-state index in [9.17, 15) is 0 Å². The molecule has 0 aromatic carbocycles. The van der Waals surface area contributed by atoms with Gasteiger partial charge < -0.3 is 10.5 Å². The molecule has 1 aliphatic heterocycles. The molecule has 2 N–H and O–H groups in total. The molecule has 0 spiro atoms. The van der Waals surface area contributed by atoms with Crippen LogP contribution in [-0.2, 0) is 4.74 Å². The molecule has 1 unspecified atom stereocenters. The summed E-state index contributed by atoms with van der Waals surface area (Å²) in [5, 5.41) is 0. The van der Waals surface area contributed by atoms with Crippen LogP contribution in [0.1, 0.15) is 40.0 Å². The summed E-state index contributed by atoms with van der Waals surface area (Å²) in [4.78, 5) is 2.43. The van der Waals surface area contributed by atoms with Crippen LogP contribution in [0.25, 0.3) is 0 Å². The molecule has 90 valence electrons. The summed E-state index contributed by atoms with van der Waals surface area (Å²) < 4.78 is 5.77. The first-order valence-electron chi connectivity index (χ1n) is 6.01. The summed E-state index contributed by atoms with van der Waals surface area (Å²) in [6.07, 6.45) is 3.27. The summed E-state index contributed by atoms with van der Waals surface area (Å²) in [6.45, 7) is 9.22. The zero-order valence-electron chi connectivity index (χ0n) is 10.7. The van der Waals surface area contributed by atoms with Crippen molar-refractivity contribution in [3.05, 3.63) is 0 Å². The Labute approximate surface area is 94.0 Å². The van der Waals surface area contributed by atoms with Gasteiger partial charge in [0.1, 0.15) is 0 Å². The normalized spacial score (nSPS) is 30.8. The Bertz CT molecular complexity index is 206. The van der Waals surface area contributed by atoms with Gasteiger partial charge in [0.15, 0.2) is 0 Å². The lowest BCUT2D eigenvalue weighted by Crippen LogP contribution is -2.59. The first kappa shape index (κ1) is 12.9. The molecule has 1 fully saturated rings. The quantitative estimate of drug-likeness (QED) is 0.773. The Balaban J connectivity index is 2.74. The Morgan fingerprint density at radius 1 is 1.40 bits per heavy atom. The molecular formula is C12H26N2O. The van der Waals surface area contributed by atoms with Gasteiger partial charge in [-0.3, -0.25) is 4.90 Å². The lowest BCUT2D eigenvalue weighted by molar-refractivity contribution is -0.113. The Hall–Kier alpha value is -0.120. The van der Waals surface area contributed by atoms with Gasteiger partial charge in [-0.15, -0.1) is 0 Å². The van der Waals surface area contributed by atoms with Gasteiger partial charge in [0, 0.05) is 18.7 Å². The van der Waals surface area contributed by atoms with Gasteiger partial charge in [0.2, 0.25) is 0 Å². The van der Waals surface area contributed by atoms with Crippen LogP contribution in [0, 0.1) is 0 Å². The van der Waals surface area contributed by atoms with Crippen LogP contribution in [0.3, 0.4) is 0 Å². The molecule has 0 saturated carbocycles. The van der Waals surface area contributed by atoms with Gasteiger partial charge >= 0.3 is 0 Å². The predicted molar refractivity (Wildman–Crippen MR) is 64.0 cm³/mol. The van der Waals surface area contributed by atoms with E-state index in [4.69, 9.17) is 10.5 Å². The van der Waals surface area contributed by atoms with Crippen molar-refractivity contribution in [1.29, 1.82) is 0 Å². The molecule has 1 aliphatic rings. The second kappa shape index (κ2) is 4.81. The van der Waals surface area contributed by atoms with E-state index in [-0.39, 0.29) is 11.1 Å². The van der Waals surface area contributed by atoms with E-state index in [2.05, 4.69) is 32.7 Å². The first-order valence-corrected chi connectivity index (χ1v) is 6.01. The maximum Gasteiger partial charge on any atom is 0.0644 e. The maximum atomic E-state index is 5.99. The van der Waals surface area contributed by atoms with Crippen LogP contribution in [0.4, 0.5) is 0 Å². The van der Waals surface area contributed by atoms with Crippen LogP contribution in [0.15, 0.2) is 0 Å². The molecule has 3 nitrogen and oxygen atoms in total. The van der Waals surface area contributed by atoms with Crippen molar-refractivity contribution >= 4 is 0 Å². The fourth-order valence-electron chi connectivity index (χ4n) is 2.68. The average Bonchev–Trinajstić information content (AvgIpc) is 2.16. The topological polar surface area (TPSA) is 38.5 Å². The molecule has 0 aliphatic carbocycles. The minimum Gasteiger partial charge on any atom is -0.375 e. The summed E-state index contributed by atoms with van der Waals surface area (Å²) in [5.74, 6) is 0. The first-order chi connectivity index (χ1) is 6.96. The van der Waals surface area contributed by atoms with E-state index in [1.165, 1.54) is 6.42 Å². The Morgan fingerprint density at radius 3 is 2.53 bits per heavy atom. The molecule has 1 heterocycles. The van der Waals surface area contributed by atoms with E-state index in [1.807, 2.05) is 0 Å². The molecule has 0 radical (unpaired) electrons. The van der Waals surface area contributed by atoms with Gasteiger partial charge in [-0.1, -0.05) is 6.92 Å².